The van der Waals surface area contributed by atoms with E-state index in [0.29, 0.717) is 12.2 Å². The van der Waals surface area contributed by atoms with E-state index in [4.69, 9.17) is 0 Å². The molecule has 5 rings (SSSR count). The van der Waals surface area contributed by atoms with Gasteiger partial charge >= 0.3 is 0 Å². The van der Waals surface area contributed by atoms with E-state index in [1.807, 2.05) is 30.5 Å². The zero-order valence-electron chi connectivity index (χ0n) is 13.5. The molecule has 0 fully saturated rings. The number of anilines is 1. The lowest BCUT2D eigenvalue weighted by molar-refractivity contribution is 0.0954. The minimum atomic E-state index is -0.100. The highest BCUT2D eigenvalue weighted by atomic mass is 16.1. The fourth-order valence-electron chi connectivity index (χ4n) is 3.55. The van der Waals surface area contributed by atoms with E-state index >= 15 is 0 Å². The number of H-pyrrole nitrogens is 2. The Morgan fingerprint density at radius 1 is 1.16 bits per heavy atom. The first-order valence-electron chi connectivity index (χ1n) is 8.36. The van der Waals surface area contributed by atoms with Crippen LogP contribution in [0, 0.1) is 0 Å². The fourth-order valence-corrected chi connectivity index (χ4v) is 3.55. The van der Waals surface area contributed by atoms with E-state index in [1.165, 1.54) is 5.56 Å². The van der Waals surface area contributed by atoms with Crippen LogP contribution < -0.4 is 10.2 Å². The zero-order valence-corrected chi connectivity index (χ0v) is 13.5. The van der Waals surface area contributed by atoms with Gasteiger partial charge in [-0.15, -0.1) is 0 Å². The van der Waals surface area contributed by atoms with E-state index in [0.717, 1.165) is 40.6 Å². The molecule has 0 unspecified atom stereocenters. The summed E-state index contributed by atoms with van der Waals surface area (Å²) >= 11 is 0. The van der Waals surface area contributed by atoms with E-state index in [2.05, 4.69) is 43.6 Å². The lowest BCUT2D eigenvalue weighted by atomic mass is 10.1. The highest BCUT2D eigenvalue weighted by Gasteiger charge is 2.27. The van der Waals surface area contributed by atoms with Gasteiger partial charge in [-0.1, -0.05) is 30.3 Å². The molecule has 6 nitrogen and oxygen atoms in total. The van der Waals surface area contributed by atoms with Gasteiger partial charge in [0.1, 0.15) is 0 Å². The average molecular weight is 331 g/mol. The van der Waals surface area contributed by atoms with Crippen LogP contribution in [0.1, 0.15) is 16.1 Å². The SMILES string of the molecule is O=C1NCCN(Cc2ccccc2)c2c1nc1cc3c[nH][nH]c3cc21. The Morgan fingerprint density at radius 2 is 2.04 bits per heavy atom. The third kappa shape index (κ3) is 2.26. The van der Waals surface area contributed by atoms with Crippen LogP contribution in [0.25, 0.3) is 21.8 Å². The number of carbonyl (C=O) groups is 1. The molecule has 25 heavy (non-hydrogen) atoms. The molecule has 0 spiro atoms. The van der Waals surface area contributed by atoms with Crippen molar-refractivity contribution in [3.63, 3.8) is 0 Å². The van der Waals surface area contributed by atoms with Gasteiger partial charge in [0.05, 0.1) is 16.7 Å². The molecule has 0 bridgehead atoms. The van der Waals surface area contributed by atoms with E-state index in [1.54, 1.807) is 0 Å². The van der Waals surface area contributed by atoms with E-state index < -0.39 is 0 Å². The third-order valence-electron chi connectivity index (χ3n) is 4.73. The summed E-state index contributed by atoms with van der Waals surface area (Å²) in [5.41, 5.74) is 4.50. The highest BCUT2D eigenvalue weighted by molar-refractivity contribution is 6.11. The van der Waals surface area contributed by atoms with Gasteiger partial charge < -0.3 is 20.4 Å². The van der Waals surface area contributed by atoms with E-state index in [9.17, 15) is 4.79 Å². The van der Waals surface area contributed by atoms with Gasteiger partial charge in [-0.3, -0.25) is 4.79 Å². The standard InChI is InChI=1S/C19H17N5O/c25-19-17-18(14-9-15-13(10-21-23-15)8-16(14)22-17)24(7-6-20-19)11-12-4-2-1-3-5-12/h1-5,8-10,21,23H,6-7,11H2,(H,20,25). The number of aromatic nitrogens is 3. The molecule has 0 saturated heterocycles. The van der Waals surface area contributed by atoms with Gasteiger partial charge in [0, 0.05) is 36.6 Å². The van der Waals surface area contributed by atoms with Crippen LogP contribution in [-0.4, -0.2) is 34.2 Å². The van der Waals surface area contributed by atoms with Crippen molar-refractivity contribution < 1.29 is 4.79 Å². The van der Waals surface area contributed by atoms with Crippen molar-refractivity contribution >= 4 is 33.4 Å². The van der Waals surface area contributed by atoms with Crippen molar-refractivity contribution in [2.24, 2.45) is 0 Å². The number of hydrogen-bond acceptors (Lipinski definition) is 3. The van der Waals surface area contributed by atoms with Crippen molar-refractivity contribution in [1.29, 1.82) is 0 Å². The fraction of sp³-hybridized carbons (Fsp3) is 0.158. The summed E-state index contributed by atoms with van der Waals surface area (Å²) in [7, 11) is 0. The minimum Gasteiger partial charge on any atom is -0.363 e. The average Bonchev–Trinajstić information content (AvgIpc) is 3.19. The summed E-state index contributed by atoms with van der Waals surface area (Å²) in [6.45, 7) is 2.11. The molecule has 0 atom stereocenters. The maximum Gasteiger partial charge on any atom is 0.272 e. The van der Waals surface area contributed by atoms with Crippen molar-refractivity contribution in [1.82, 2.24) is 20.5 Å². The number of rotatable bonds is 2. The molecule has 1 amide bonds. The quantitative estimate of drug-likeness (QED) is 0.528. The molecule has 6 heteroatoms. The summed E-state index contributed by atoms with van der Waals surface area (Å²) in [6.07, 6.45) is 1.90. The van der Waals surface area contributed by atoms with Gasteiger partial charge in [0.25, 0.3) is 5.91 Å². The van der Waals surface area contributed by atoms with Crippen LogP contribution in [0.4, 0.5) is 5.69 Å². The maximum atomic E-state index is 12.5. The number of hydrogen-bond donors (Lipinski definition) is 3. The summed E-state index contributed by atoms with van der Waals surface area (Å²) in [4.78, 5) is 19.4. The molecule has 1 aliphatic heterocycles. The Hall–Kier alpha value is -3.28. The van der Waals surface area contributed by atoms with Crippen molar-refractivity contribution in [2.75, 3.05) is 18.0 Å². The molecule has 0 aliphatic carbocycles. The Morgan fingerprint density at radius 3 is 2.92 bits per heavy atom. The van der Waals surface area contributed by atoms with Gasteiger partial charge in [0.15, 0.2) is 5.69 Å². The lowest BCUT2D eigenvalue weighted by Gasteiger charge is -2.23. The summed E-state index contributed by atoms with van der Waals surface area (Å²) in [5, 5.41) is 11.1. The highest BCUT2D eigenvalue weighted by Crippen LogP contribution is 2.35. The normalized spacial score (nSPS) is 14.6. The van der Waals surface area contributed by atoms with Crippen molar-refractivity contribution in [3.8, 4) is 0 Å². The molecule has 0 radical (unpaired) electrons. The number of nitrogens with zero attached hydrogens (tertiary/aromatic N) is 2. The third-order valence-corrected chi connectivity index (χ3v) is 4.73. The largest absolute Gasteiger partial charge is 0.363 e. The van der Waals surface area contributed by atoms with Crippen LogP contribution in [0.5, 0.6) is 0 Å². The molecule has 1 aliphatic rings. The summed E-state index contributed by atoms with van der Waals surface area (Å²) in [5.74, 6) is -0.100. The molecule has 124 valence electrons. The summed E-state index contributed by atoms with van der Waals surface area (Å²) < 4.78 is 0. The Labute approximate surface area is 143 Å². The number of benzene rings is 2. The molecular formula is C19H17N5O. The second-order valence-electron chi connectivity index (χ2n) is 6.34. The van der Waals surface area contributed by atoms with Gasteiger partial charge in [-0.2, -0.15) is 0 Å². The Kier molecular flexibility index (Phi) is 3.03. The molecule has 4 aromatic rings. The second-order valence-corrected chi connectivity index (χ2v) is 6.34. The number of carbonyl (C=O) groups excluding carboxylic acids is 1. The first kappa shape index (κ1) is 14.1. The predicted octanol–water partition coefficient (Wildman–Crippen LogP) is 2.79. The first-order valence-corrected chi connectivity index (χ1v) is 8.36. The molecule has 3 heterocycles. The number of fused-ring (bicyclic) bond motifs is 4. The molecule has 2 aromatic carbocycles. The predicted molar refractivity (Wildman–Crippen MR) is 97.8 cm³/mol. The van der Waals surface area contributed by atoms with Crippen LogP contribution >= 0.6 is 0 Å². The topological polar surface area (TPSA) is 76.8 Å². The van der Waals surface area contributed by atoms with E-state index in [-0.39, 0.29) is 5.91 Å². The van der Waals surface area contributed by atoms with Crippen LogP contribution in [0.2, 0.25) is 0 Å². The number of amides is 1. The Balaban J connectivity index is 1.70. The van der Waals surface area contributed by atoms with Crippen molar-refractivity contribution in [2.45, 2.75) is 6.54 Å². The number of nitrogens with one attached hydrogen (secondary N) is 3. The van der Waals surface area contributed by atoms with Crippen LogP contribution in [0.15, 0.2) is 48.7 Å². The molecule has 0 saturated carbocycles. The maximum absolute atomic E-state index is 12.5. The van der Waals surface area contributed by atoms with Crippen molar-refractivity contribution in [3.05, 3.63) is 59.9 Å². The van der Waals surface area contributed by atoms with Gasteiger partial charge in [-0.25, -0.2) is 4.98 Å². The van der Waals surface area contributed by atoms with Gasteiger partial charge in [0.2, 0.25) is 0 Å². The molecule has 2 aromatic heterocycles. The minimum absolute atomic E-state index is 0.100. The van der Waals surface area contributed by atoms with Gasteiger partial charge in [-0.05, 0) is 17.7 Å². The zero-order chi connectivity index (χ0) is 16.8. The monoisotopic (exact) mass is 331 g/mol. The smallest absolute Gasteiger partial charge is 0.272 e. The second kappa shape index (κ2) is 5.37. The number of aromatic amines is 2. The van der Waals surface area contributed by atoms with Crippen LogP contribution in [0.3, 0.4) is 0 Å². The van der Waals surface area contributed by atoms with Crippen LogP contribution in [-0.2, 0) is 6.54 Å². The lowest BCUT2D eigenvalue weighted by Crippen LogP contribution is -2.30. The molecular weight excluding hydrogens is 314 g/mol. The molecule has 3 N–H and O–H groups in total. The Bertz CT molecular complexity index is 1080. The summed E-state index contributed by atoms with van der Waals surface area (Å²) in [6, 6.07) is 14.4. The first-order chi connectivity index (χ1) is 12.3.